The Hall–Kier alpha value is -0.650. The molecule has 0 aromatic heterocycles. The summed E-state index contributed by atoms with van der Waals surface area (Å²) in [5, 5.41) is 9.26. The molecule has 2 fully saturated rings. The first-order chi connectivity index (χ1) is 9.82. The summed E-state index contributed by atoms with van der Waals surface area (Å²) in [6, 6.07) is 0. The fraction of sp³-hybridized carbons (Fsp3) is 0.938. The van der Waals surface area contributed by atoms with Crippen LogP contribution in [0.5, 0.6) is 0 Å². The maximum absolute atomic E-state index is 12.8. The zero-order valence-electron chi connectivity index (χ0n) is 13.9. The lowest BCUT2D eigenvalue weighted by Crippen LogP contribution is -2.44. The molecule has 0 bridgehead atoms. The van der Waals surface area contributed by atoms with Gasteiger partial charge in [0.2, 0.25) is 5.91 Å². The summed E-state index contributed by atoms with van der Waals surface area (Å²) in [6.07, 6.45) is 0. The fourth-order valence-electron chi connectivity index (χ4n) is 3.54. The minimum absolute atomic E-state index is 0.0302. The van der Waals surface area contributed by atoms with Crippen LogP contribution in [0.4, 0.5) is 0 Å². The van der Waals surface area contributed by atoms with Gasteiger partial charge in [0, 0.05) is 38.6 Å². The average Bonchev–Trinajstić information content (AvgIpc) is 2.85. The van der Waals surface area contributed by atoms with Crippen LogP contribution < -0.4 is 0 Å². The van der Waals surface area contributed by atoms with Crippen molar-refractivity contribution >= 4 is 5.91 Å². The van der Waals surface area contributed by atoms with Gasteiger partial charge in [-0.25, -0.2) is 0 Å². The second-order valence-electron chi connectivity index (χ2n) is 7.38. The van der Waals surface area contributed by atoms with Crippen LogP contribution >= 0.6 is 0 Å². The van der Waals surface area contributed by atoms with Crippen LogP contribution in [0.15, 0.2) is 0 Å². The Morgan fingerprint density at radius 2 is 1.76 bits per heavy atom. The predicted molar refractivity (Wildman–Crippen MR) is 82.0 cm³/mol. The van der Waals surface area contributed by atoms with Crippen LogP contribution in [0.3, 0.4) is 0 Å². The molecule has 21 heavy (non-hydrogen) atoms. The topological polar surface area (TPSA) is 53.0 Å². The normalized spacial score (nSPS) is 24.8. The number of rotatable bonds is 6. The number of nitrogens with zero attached hydrogens (tertiary/aromatic N) is 2. The minimum Gasteiger partial charge on any atom is -0.395 e. The number of carbonyl (C=O) groups excluding carboxylic acids is 1. The molecule has 1 amide bonds. The molecule has 2 aliphatic rings. The maximum atomic E-state index is 12.8. The van der Waals surface area contributed by atoms with Crippen molar-refractivity contribution in [3.8, 4) is 0 Å². The number of aliphatic hydroxyl groups excluding tert-OH is 1. The molecule has 1 aliphatic heterocycles. The molecule has 1 aliphatic carbocycles. The molecule has 5 heteroatoms. The highest BCUT2D eigenvalue weighted by atomic mass is 16.5. The van der Waals surface area contributed by atoms with Gasteiger partial charge in [-0.1, -0.05) is 27.7 Å². The second kappa shape index (κ2) is 6.23. The van der Waals surface area contributed by atoms with Crippen molar-refractivity contribution in [3.63, 3.8) is 0 Å². The number of hydrogen-bond acceptors (Lipinski definition) is 4. The molecule has 2 rings (SSSR count). The molecule has 0 spiro atoms. The van der Waals surface area contributed by atoms with Crippen molar-refractivity contribution in [2.75, 3.05) is 52.5 Å². The maximum Gasteiger partial charge on any atom is 0.226 e. The number of morpholine rings is 1. The number of hydrogen-bond donors (Lipinski definition) is 1. The summed E-state index contributed by atoms with van der Waals surface area (Å²) in [6.45, 7) is 14.1. The molecule has 1 heterocycles. The molecule has 1 N–H and O–H groups in total. The fourth-order valence-corrected chi connectivity index (χ4v) is 3.54. The van der Waals surface area contributed by atoms with Crippen molar-refractivity contribution in [2.45, 2.75) is 27.7 Å². The SMILES string of the molecule is CC1(C)C(C(=O)N(CCO)CCN2CCOCC2)C1(C)C. The molecular formula is C16H30N2O3. The molecular weight excluding hydrogens is 268 g/mol. The predicted octanol–water partition coefficient (Wildman–Crippen LogP) is 0.822. The van der Waals surface area contributed by atoms with E-state index in [0.29, 0.717) is 13.1 Å². The van der Waals surface area contributed by atoms with E-state index in [1.807, 2.05) is 4.90 Å². The van der Waals surface area contributed by atoms with E-state index in [2.05, 4.69) is 32.6 Å². The van der Waals surface area contributed by atoms with Crippen LogP contribution in [0.25, 0.3) is 0 Å². The lowest BCUT2D eigenvalue weighted by atomic mass is 10.0. The van der Waals surface area contributed by atoms with Gasteiger partial charge in [-0.15, -0.1) is 0 Å². The van der Waals surface area contributed by atoms with E-state index >= 15 is 0 Å². The molecule has 1 saturated heterocycles. The Morgan fingerprint density at radius 1 is 1.19 bits per heavy atom. The summed E-state index contributed by atoms with van der Waals surface area (Å²) in [5.74, 6) is 0.272. The molecule has 122 valence electrons. The number of amides is 1. The lowest BCUT2D eigenvalue weighted by molar-refractivity contribution is -0.134. The molecule has 0 aromatic rings. The third kappa shape index (κ3) is 3.25. The third-order valence-electron chi connectivity index (χ3n) is 5.74. The van der Waals surface area contributed by atoms with Gasteiger partial charge in [0.05, 0.1) is 19.8 Å². The van der Waals surface area contributed by atoms with Gasteiger partial charge in [-0.3, -0.25) is 9.69 Å². The first-order valence-corrected chi connectivity index (χ1v) is 8.02. The van der Waals surface area contributed by atoms with Gasteiger partial charge in [0.15, 0.2) is 0 Å². The van der Waals surface area contributed by atoms with Crippen LogP contribution in [-0.4, -0.2) is 73.4 Å². The van der Waals surface area contributed by atoms with Gasteiger partial charge >= 0.3 is 0 Å². The van der Waals surface area contributed by atoms with Crippen molar-refractivity contribution < 1.29 is 14.6 Å². The molecule has 0 aromatic carbocycles. The van der Waals surface area contributed by atoms with E-state index < -0.39 is 0 Å². The largest absolute Gasteiger partial charge is 0.395 e. The van der Waals surface area contributed by atoms with E-state index in [-0.39, 0.29) is 29.3 Å². The summed E-state index contributed by atoms with van der Waals surface area (Å²) < 4.78 is 5.34. The Kier molecular flexibility index (Phi) is 4.96. The molecule has 5 nitrogen and oxygen atoms in total. The van der Waals surface area contributed by atoms with E-state index in [4.69, 9.17) is 4.74 Å². The average molecular weight is 298 g/mol. The van der Waals surface area contributed by atoms with Gasteiger partial charge < -0.3 is 14.7 Å². The van der Waals surface area contributed by atoms with Crippen LogP contribution in [0, 0.1) is 16.7 Å². The summed E-state index contributed by atoms with van der Waals surface area (Å²) >= 11 is 0. The van der Waals surface area contributed by atoms with Crippen LogP contribution in [-0.2, 0) is 9.53 Å². The quantitative estimate of drug-likeness (QED) is 0.789. The van der Waals surface area contributed by atoms with Crippen LogP contribution in [0.1, 0.15) is 27.7 Å². The standard InChI is InChI=1S/C16H30N2O3/c1-15(2)13(16(15,3)4)14(20)18(7-10-19)6-5-17-8-11-21-12-9-17/h13,19H,5-12H2,1-4H3. The van der Waals surface area contributed by atoms with E-state index in [1.165, 1.54) is 0 Å². The first-order valence-electron chi connectivity index (χ1n) is 8.02. The molecule has 1 saturated carbocycles. The van der Waals surface area contributed by atoms with E-state index in [1.54, 1.807) is 0 Å². The Balaban J connectivity index is 1.91. The highest BCUT2D eigenvalue weighted by Crippen LogP contribution is 2.68. The molecule has 0 atom stereocenters. The van der Waals surface area contributed by atoms with Gasteiger partial charge in [-0.2, -0.15) is 0 Å². The van der Waals surface area contributed by atoms with Gasteiger partial charge in [0.25, 0.3) is 0 Å². The molecule has 0 radical (unpaired) electrons. The highest BCUT2D eigenvalue weighted by Gasteiger charge is 2.68. The van der Waals surface area contributed by atoms with E-state index in [0.717, 1.165) is 32.8 Å². The Bertz CT molecular complexity index is 362. The zero-order valence-corrected chi connectivity index (χ0v) is 13.9. The monoisotopic (exact) mass is 298 g/mol. The number of ether oxygens (including phenoxy) is 1. The summed E-state index contributed by atoms with van der Waals surface area (Å²) in [4.78, 5) is 16.9. The van der Waals surface area contributed by atoms with Crippen molar-refractivity contribution in [1.82, 2.24) is 9.80 Å². The molecule has 0 unspecified atom stereocenters. The highest BCUT2D eigenvalue weighted by molar-refractivity contribution is 5.84. The second-order valence-corrected chi connectivity index (χ2v) is 7.38. The summed E-state index contributed by atoms with van der Waals surface area (Å²) in [7, 11) is 0. The zero-order chi connectivity index (χ0) is 15.7. The Labute approximate surface area is 128 Å². The van der Waals surface area contributed by atoms with Crippen LogP contribution in [0.2, 0.25) is 0 Å². The minimum atomic E-state index is 0.0302. The van der Waals surface area contributed by atoms with Gasteiger partial charge in [-0.05, 0) is 10.8 Å². The first kappa shape index (κ1) is 16.7. The third-order valence-corrected chi connectivity index (χ3v) is 5.74. The number of aliphatic hydroxyl groups is 1. The van der Waals surface area contributed by atoms with Crippen molar-refractivity contribution in [3.05, 3.63) is 0 Å². The van der Waals surface area contributed by atoms with Crippen molar-refractivity contribution in [2.24, 2.45) is 16.7 Å². The smallest absolute Gasteiger partial charge is 0.226 e. The van der Waals surface area contributed by atoms with E-state index in [9.17, 15) is 9.90 Å². The Morgan fingerprint density at radius 3 is 2.24 bits per heavy atom. The summed E-state index contributed by atoms with van der Waals surface area (Å²) in [5.41, 5.74) is 0.105. The van der Waals surface area contributed by atoms with Crippen molar-refractivity contribution in [1.29, 1.82) is 0 Å². The number of carbonyl (C=O) groups is 1. The lowest BCUT2D eigenvalue weighted by Gasteiger charge is -2.30. The van der Waals surface area contributed by atoms with Gasteiger partial charge in [0.1, 0.15) is 0 Å².